The van der Waals surface area contributed by atoms with Crippen molar-refractivity contribution in [2.24, 2.45) is 69.9 Å². The van der Waals surface area contributed by atoms with Crippen LogP contribution in [0.25, 0.3) is 0 Å². The standard InChI is InChI=1S/6C12H18NO6.6Y/c6*1-6-2-3-18-8-5-12(11(16)17,19-9(6)8)4-7(13)10(14)15;;;;;;/h6*2,6-9H,3-5,13H2,1H3,(H,14,15)(H,16,17);;;;;;/q6*-1;;;;;;/t2*6?,7-,8?,9?,12-;2*6-,7?,8?,9?,12+;2*6-,7?,8?,9?,12-;;;;;;/m001100....../s1. The van der Waals surface area contributed by atoms with E-state index in [1.54, 1.807) is 0 Å². The quantitative estimate of drug-likeness (QED) is 0.0457. The van der Waals surface area contributed by atoms with E-state index in [9.17, 15) is 88.2 Å². The predicted octanol–water partition coefficient (Wildman–Crippen LogP) is -2.18. The second kappa shape index (κ2) is 50.8. The summed E-state index contributed by atoms with van der Waals surface area (Å²) in [6, 6.07) is -7.61. The Bertz CT molecular complexity index is 2910. The Balaban J connectivity index is 0.000000713. The van der Waals surface area contributed by atoms with Gasteiger partial charge in [-0.1, -0.05) is 81.2 Å². The third-order valence-electron chi connectivity index (χ3n) is 22.9. The van der Waals surface area contributed by atoms with Crippen molar-refractivity contribution in [3.8, 4) is 0 Å². The number of carboxylic acids is 12. The molecule has 12 aliphatic heterocycles. The van der Waals surface area contributed by atoms with Gasteiger partial charge < -0.3 is 153 Å². The summed E-state index contributed by atoms with van der Waals surface area (Å²) in [4.78, 5) is 134. The van der Waals surface area contributed by atoms with E-state index in [0.717, 1.165) is 0 Å². The van der Waals surface area contributed by atoms with Crippen molar-refractivity contribution in [3.63, 3.8) is 0 Å². The topological polar surface area (TPSA) is 714 Å². The molecule has 12 fully saturated rings. The fraction of sp³-hybridized carbons (Fsp3) is 0.750. The Hall–Kier alpha value is -0.457. The van der Waals surface area contributed by atoms with E-state index in [1.807, 2.05) is 80.1 Å². The molecular formula is C72H108N6O36Y6-6. The van der Waals surface area contributed by atoms with Gasteiger partial charge in [0.05, 0.1) is 73.2 Å². The molecular weight excluding hydrogens is 2060 g/mol. The molecule has 0 aromatic heterocycles. The average Bonchev–Trinajstić information content (AvgIpc) is 1.66. The number of carbonyl (C=O) groups is 12. The van der Waals surface area contributed by atoms with E-state index in [4.69, 9.17) is 122 Å². The van der Waals surface area contributed by atoms with E-state index < -0.39 is 141 Å². The van der Waals surface area contributed by atoms with Gasteiger partial charge >= 0.3 is 71.6 Å². The molecule has 120 heavy (non-hydrogen) atoms. The van der Waals surface area contributed by atoms with E-state index in [-0.39, 0.29) is 382 Å². The summed E-state index contributed by atoms with van der Waals surface area (Å²) in [5.41, 5.74) is 23.3. The third-order valence-corrected chi connectivity index (χ3v) is 22.9. The molecule has 48 heteroatoms. The fourth-order valence-corrected chi connectivity index (χ4v) is 16.1. The molecule has 6 radical (unpaired) electrons. The maximum absolute atomic E-state index is 11.5. The Kier molecular flexibility index (Phi) is 49.8. The van der Waals surface area contributed by atoms with Crippen molar-refractivity contribution in [1.29, 1.82) is 0 Å². The molecule has 30 atom stereocenters. The minimum atomic E-state index is -1.57. The average molecular weight is 2170 g/mol. The van der Waals surface area contributed by atoms with Crippen molar-refractivity contribution >= 4 is 71.6 Å². The van der Waals surface area contributed by atoms with E-state index in [1.165, 1.54) is 0 Å². The third kappa shape index (κ3) is 29.3. The fourth-order valence-electron chi connectivity index (χ4n) is 16.1. The zero-order valence-electron chi connectivity index (χ0n) is 67.1. The van der Waals surface area contributed by atoms with Gasteiger partial charge in [0.2, 0.25) is 0 Å². The van der Waals surface area contributed by atoms with Crippen LogP contribution in [0.3, 0.4) is 0 Å². The number of rotatable bonds is 24. The summed E-state index contributed by atoms with van der Waals surface area (Å²) >= 11 is 0. The Morgan fingerprint density at radius 1 is 0.250 bits per heavy atom. The number of ether oxygens (including phenoxy) is 12. The molecule has 12 saturated heterocycles. The maximum Gasteiger partial charge on any atom is 0.336 e. The Morgan fingerprint density at radius 3 is 0.442 bits per heavy atom. The maximum atomic E-state index is 11.5. The van der Waals surface area contributed by atoms with Gasteiger partial charge in [0, 0.05) is 273 Å². The van der Waals surface area contributed by atoms with Crippen LogP contribution in [0.4, 0.5) is 0 Å². The summed E-state index contributed by atoms with van der Waals surface area (Å²) in [5.74, 6) is -14.1. The molecule has 18 unspecified atom stereocenters. The van der Waals surface area contributed by atoms with E-state index in [2.05, 4.69) is 0 Å². The second-order valence-electron chi connectivity index (χ2n) is 31.2. The molecule has 0 aromatic carbocycles. The van der Waals surface area contributed by atoms with Crippen molar-refractivity contribution in [3.05, 3.63) is 38.5 Å². The first-order valence-electron chi connectivity index (χ1n) is 37.2. The number of hydrogen-bond acceptors (Lipinski definition) is 30. The van der Waals surface area contributed by atoms with Crippen LogP contribution in [0.5, 0.6) is 0 Å². The van der Waals surface area contributed by atoms with Crippen LogP contribution < -0.4 is 34.4 Å². The number of carboxylic acid groups (broad SMARTS) is 12. The first-order chi connectivity index (χ1) is 53.1. The van der Waals surface area contributed by atoms with Crippen LogP contribution in [0.2, 0.25) is 0 Å². The van der Waals surface area contributed by atoms with Crippen LogP contribution in [0.15, 0.2) is 0 Å². The summed E-state index contributed by atoms with van der Waals surface area (Å²) in [6.07, 6.45) is 6.62. The van der Waals surface area contributed by atoms with Gasteiger partial charge in [0.15, 0.2) is 33.6 Å². The van der Waals surface area contributed by atoms with Gasteiger partial charge in [-0.25, -0.2) is 28.8 Å². The zero-order valence-corrected chi connectivity index (χ0v) is 84.2. The van der Waals surface area contributed by atoms with Crippen LogP contribution in [0, 0.1) is 74.0 Å². The predicted molar refractivity (Wildman–Crippen MR) is 380 cm³/mol. The van der Waals surface area contributed by atoms with Crippen molar-refractivity contribution in [1.82, 2.24) is 0 Å². The summed E-state index contributed by atoms with van der Waals surface area (Å²) < 4.78 is 66.8. The molecule has 0 aromatic rings. The number of nitrogens with two attached hydrogens (primary N) is 6. The van der Waals surface area contributed by atoms with Gasteiger partial charge in [-0.05, 0) is 0 Å². The van der Waals surface area contributed by atoms with Crippen molar-refractivity contribution < 1.29 is 372 Å². The van der Waals surface area contributed by atoms with E-state index in [0.29, 0.717) is 39.6 Å². The van der Waals surface area contributed by atoms with Crippen LogP contribution in [-0.4, -0.2) is 316 Å². The van der Waals surface area contributed by atoms with Gasteiger partial charge in [-0.3, -0.25) is 67.3 Å². The smallest absolute Gasteiger partial charge is 0.336 e. The number of aliphatic carboxylic acids is 12. The van der Waals surface area contributed by atoms with Gasteiger partial charge in [-0.2, -0.15) is 0 Å². The number of hydrogen-bond donors (Lipinski definition) is 18. The molecule has 12 heterocycles. The van der Waals surface area contributed by atoms with Crippen molar-refractivity contribution in [2.75, 3.05) is 39.6 Å². The minimum Gasteiger partial charge on any atom is -0.480 e. The molecule has 0 aliphatic carbocycles. The van der Waals surface area contributed by atoms with Gasteiger partial charge in [0.1, 0.15) is 36.3 Å². The molecule has 0 spiro atoms. The number of fused-ring (bicyclic) bond motifs is 6. The first kappa shape index (κ1) is 118. The summed E-state index contributed by atoms with van der Waals surface area (Å²) in [5, 5.41) is 109. The molecule has 0 amide bonds. The monoisotopic (exact) mass is 2170 g/mol. The largest absolute Gasteiger partial charge is 0.480 e. The molecule has 0 saturated carbocycles. The molecule has 24 N–H and O–H groups in total. The van der Waals surface area contributed by atoms with Crippen molar-refractivity contribution in [2.45, 2.75) is 262 Å². The summed E-state index contributed by atoms with van der Waals surface area (Å²) in [6.45, 7) is 14.3. The minimum absolute atomic E-state index is 0. The SMILES string of the molecule is CC1[CH-]COC2C[C@@](C[C@H](N)C(=O)O)(C(=O)O)OC12.CC1[CH-]COC2C[C@@](C[C@H](N)C(=O)O)(C(=O)O)OC12.C[C@@H]1[CH-]COC2C[C@@](CC(N)C(=O)O)(C(=O)O)OC21.C[C@@H]1[CH-]COC2C[C@@](CC(N)C(=O)O)(C(=O)O)OC21.C[C@H]1[CH-]COC2C[C@@](CC(N)C(=O)O)(C(=O)O)OC21.C[C@H]1[CH-]COC2C[C@@](CC(N)C(=O)O)(C(=O)O)OC21.[Y].[Y].[Y].[Y].[Y].[Y]. The van der Waals surface area contributed by atoms with Crippen LogP contribution in [-0.2, 0) is 311 Å². The molecule has 12 aliphatic rings. The first-order valence-corrected chi connectivity index (χ1v) is 37.2. The normalized spacial score (nSPS) is 37.6. The molecule has 0 bridgehead atoms. The van der Waals surface area contributed by atoms with Crippen LogP contribution in [0.1, 0.15) is 119 Å². The Morgan fingerprint density at radius 2 is 0.358 bits per heavy atom. The van der Waals surface area contributed by atoms with Gasteiger partial charge in [0.25, 0.3) is 0 Å². The zero-order chi connectivity index (χ0) is 85.2. The molecule has 42 nitrogen and oxygen atoms in total. The van der Waals surface area contributed by atoms with Gasteiger partial charge in [-0.15, -0.1) is 35.5 Å². The van der Waals surface area contributed by atoms with Crippen LogP contribution >= 0.6 is 0 Å². The second-order valence-corrected chi connectivity index (χ2v) is 31.2. The Labute approximate surface area is 843 Å². The molecule has 12 rings (SSSR count). The van der Waals surface area contributed by atoms with E-state index >= 15 is 0 Å². The summed E-state index contributed by atoms with van der Waals surface area (Å²) in [7, 11) is 0. The molecule has 666 valence electrons.